The van der Waals surface area contributed by atoms with E-state index in [0.717, 1.165) is 51.0 Å². The van der Waals surface area contributed by atoms with E-state index in [0.29, 0.717) is 5.92 Å². The third-order valence-corrected chi connectivity index (χ3v) is 4.33. The SMILES string of the molecule is Cc1nn(C)c(C)c1CCC(O)CC1CCOCC1. The van der Waals surface area contributed by atoms with Crippen molar-refractivity contribution in [1.29, 1.82) is 0 Å². The minimum Gasteiger partial charge on any atom is -0.393 e. The maximum Gasteiger partial charge on any atom is 0.0628 e. The molecule has 4 heteroatoms. The molecule has 0 bridgehead atoms. The summed E-state index contributed by atoms with van der Waals surface area (Å²) in [7, 11) is 1.98. The van der Waals surface area contributed by atoms with Crippen LogP contribution in [0.5, 0.6) is 0 Å². The average molecular weight is 266 g/mol. The quantitative estimate of drug-likeness (QED) is 0.888. The van der Waals surface area contributed by atoms with Gasteiger partial charge < -0.3 is 9.84 Å². The fraction of sp³-hybridized carbons (Fsp3) is 0.800. The molecule has 1 saturated heterocycles. The van der Waals surface area contributed by atoms with Gasteiger partial charge in [0.05, 0.1) is 11.8 Å². The first-order chi connectivity index (χ1) is 9.08. The highest BCUT2D eigenvalue weighted by molar-refractivity contribution is 5.24. The fourth-order valence-electron chi connectivity index (χ4n) is 2.97. The van der Waals surface area contributed by atoms with Crippen molar-refractivity contribution in [2.45, 2.75) is 52.1 Å². The second-order valence-electron chi connectivity index (χ2n) is 5.76. The second-order valence-corrected chi connectivity index (χ2v) is 5.76. The van der Waals surface area contributed by atoms with Crippen molar-refractivity contribution in [3.63, 3.8) is 0 Å². The lowest BCUT2D eigenvalue weighted by molar-refractivity contribution is 0.0421. The van der Waals surface area contributed by atoms with Gasteiger partial charge in [-0.2, -0.15) is 5.10 Å². The molecule has 0 spiro atoms. The van der Waals surface area contributed by atoms with E-state index in [9.17, 15) is 5.11 Å². The molecule has 0 saturated carbocycles. The van der Waals surface area contributed by atoms with E-state index in [-0.39, 0.29) is 6.10 Å². The molecular weight excluding hydrogens is 240 g/mol. The number of aromatic nitrogens is 2. The van der Waals surface area contributed by atoms with Crippen LogP contribution in [-0.4, -0.2) is 34.2 Å². The van der Waals surface area contributed by atoms with E-state index < -0.39 is 0 Å². The van der Waals surface area contributed by atoms with Crippen molar-refractivity contribution in [3.8, 4) is 0 Å². The summed E-state index contributed by atoms with van der Waals surface area (Å²) in [6, 6.07) is 0. The Kier molecular flexibility index (Phi) is 4.99. The third-order valence-electron chi connectivity index (χ3n) is 4.33. The van der Waals surface area contributed by atoms with Gasteiger partial charge in [0.15, 0.2) is 0 Å². The van der Waals surface area contributed by atoms with Crippen LogP contribution < -0.4 is 0 Å². The maximum atomic E-state index is 10.2. The summed E-state index contributed by atoms with van der Waals surface area (Å²) in [6.45, 7) is 5.86. The maximum absolute atomic E-state index is 10.2. The highest BCUT2D eigenvalue weighted by Crippen LogP contribution is 2.23. The standard InChI is InChI=1S/C15H26N2O2/c1-11-15(12(2)17(3)16-11)5-4-14(18)10-13-6-8-19-9-7-13/h13-14,18H,4-10H2,1-3H3. The number of hydrogen-bond donors (Lipinski definition) is 1. The lowest BCUT2D eigenvalue weighted by Crippen LogP contribution is -2.21. The van der Waals surface area contributed by atoms with Crippen molar-refractivity contribution in [1.82, 2.24) is 9.78 Å². The van der Waals surface area contributed by atoms with Crippen LogP contribution in [0.4, 0.5) is 0 Å². The van der Waals surface area contributed by atoms with E-state index >= 15 is 0 Å². The van der Waals surface area contributed by atoms with Gasteiger partial charge in [0.2, 0.25) is 0 Å². The van der Waals surface area contributed by atoms with Crippen molar-refractivity contribution in [2.75, 3.05) is 13.2 Å². The molecule has 1 N–H and O–H groups in total. The van der Waals surface area contributed by atoms with Gasteiger partial charge in [-0.3, -0.25) is 4.68 Å². The molecule has 1 aromatic heterocycles. The van der Waals surface area contributed by atoms with Crippen LogP contribution >= 0.6 is 0 Å². The number of ether oxygens (including phenoxy) is 1. The molecule has 19 heavy (non-hydrogen) atoms. The highest BCUT2D eigenvalue weighted by atomic mass is 16.5. The Morgan fingerprint density at radius 3 is 2.63 bits per heavy atom. The average Bonchev–Trinajstić information content (AvgIpc) is 2.62. The van der Waals surface area contributed by atoms with Gasteiger partial charge in [-0.05, 0) is 57.4 Å². The summed E-state index contributed by atoms with van der Waals surface area (Å²) in [5.41, 5.74) is 3.61. The number of aliphatic hydroxyl groups is 1. The van der Waals surface area contributed by atoms with Crippen molar-refractivity contribution >= 4 is 0 Å². The van der Waals surface area contributed by atoms with Crippen LogP contribution in [0.1, 0.15) is 42.6 Å². The first kappa shape index (κ1) is 14.5. The number of nitrogens with zero attached hydrogens (tertiary/aromatic N) is 2. The van der Waals surface area contributed by atoms with Gasteiger partial charge in [0.1, 0.15) is 0 Å². The van der Waals surface area contributed by atoms with Crippen molar-refractivity contribution < 1.29 is 9.84 Å². The van der Waals surface area contributed by atoms with Gasteiger partial charge in [0, 0.05) is 26.0 Å². The van der Waals surface area contributed by atoms with Crippen LogP contribution in [0.15, 0.2) is 0 Å². The summed E-state index contributed by atoms with van der Waals surface area (Å²) in [4.78, 5) is 0. The fourth-order valence-corrected chi connectivity index (χ4v) is 2.97. The van der Waals surface area contributed by atoms with E-state index in [1.807, 2.05) is 18.7 Å². The second kappa shape index (κ2) is 6.53. The van der Waals surface area contributed by atoms with Crippen molar-refractivity contribution in [3.05, 3.63) is 17.0 Å². The van der Waals surface area contributed by atoms with E-state index in [4.69, 9.17) is 4.74 Å². The molecule has 2 heterocycles. The molecule has 108 valence electrons. The Balaban J connectivity index is 1.80. The first-order valence-corrected chi connectivity index (χ1v) is 7.32. The highest BCUT2D eigenvalue weighted by Gasteiger charge is 2.18. The van der Waals surface area contributed by atoms with Gasteiger partial charge >= 0.3 is 0 Å². The summed E-state index contributed by atoms with van der Waals surface area (Å²) in [6.07, 6.45) is 4.69. The van der Waals surface area contributed by atoms with Gasteiger partial charge in [-0.1, -0.05) is 0 Å². The molecule has 1 fully saturated rings. The van der Waals surface area contributed by atoms with Gasteiger partial charge in [-0.25, -0.2) is 0 Å². The molecule has 0 aromatic carbocycles. The van der Waals surface area contributed by atoms with Crippen LogP contribution in [0.25, 0.3) is 0 Å². The number of aryl methyl sites for hydroxylation is 2. The number of aliphatic hydroxyl groups excluding tert-OH is 1. The predicted octanol–water partition coefficient (Wildman–Crippen LogP) is 2.15. The molecule has 2 rings (SSSR count). The lowest BCUT2D eigenvalue weighted by Gasteiger charge is -2.24. The lowest BCUT2D eigenvalue weighted by atomic mass is 9.91. The first-order valence-electron chi connectivity index (χ1n) is 7.32. The smallest absolute Gasteiger partial charge is 0.0628 e. The predicted molar refractivity (Wildman–Crippen MR) is 75.2 cm³/mol. The van der Waals surface area contributed by atoms with Crippen LogP contribution in [-0.2, 0) is 18.2 Å². The Morgan fingerprint density at radius 2 is 2.05 bits per heavy atom. The van der Waals surface area contributed by atoms with Crippen LogP contribution in [0.3, 0.4) is 0 Å². The molecular formula is C15H26N2O2. The van der Waals surface area contributed by atoms with Crippen LogP contribution in [0, 0.1) is 19.8 Å². The Bertz CT molecular complexity index is 409. The third kappa shape index (κ3) is 3.80. The van der Waals surface area contributed by atoms with E-state index in [1.165, 1.54) is 11.3 Å². The van der Waals surface area contributed by atoms with Crippen LogP contribution in [0.2, 0.25) is 0 Å². The Hall–Kier alpha value is -0.870. The zero-order valence-electron chi connectivity index (χ0n) is 12.4. The number of rotatable bonds is 5. The summed E-state index contributed by atoms with van der Waals surface area (Å²) in [5, 5.41) is 14.6. The summed E-state index contributed by atoms with van der Waals surface area (Å²) >= 11 is 0. The monoisotopic (exact) mass is 266 g/mol. The molecule has 1 aliphatic rings. The Morgan fingerprint density at radius 1 is 1.37 bits per heavy atom. The van der Waals surface area contributed by atoms with Crippen molar-refractivity contribution in [2.24, 2.45) is 13.0 Å². The van der Waals surface area contributed by atoms with E-state index in [2.05, 4.69) is 12.0 Å². The molecule has 0 radical (unpaired) electrons. The van der Waals surface area contributed by atoms with Gasteiger partial charge in [-0.15, -0.1) is 0 Å². The normalized spacial score (nSPS) is 18.7. The molecule has 4 nitrogen and oxygen atoms in total. The topological polar surface area (TPSA) is 47.3 Å². The molecule has 1 atom stereocenters. The minimum atomic E-state index is -0.192. The molecule has 1 aliphatic heterocycles. The minimum absolute atomic E-state index is 0.192. The summed E-state index contributed by atoms with van der Waals surface area (Å²) in [5.74, 6) is 0.639. The zero-order valence-corrected chi connectivity index (χ0v) is 12.4. The zero-order chi connectivity index (χ0) is 13.8. The molecule has 0 amide bonds. The molecule has 1 unspecified atom stereocenters. The largest absolute Gasteiger partial charge is 0.393 e. The summed E-state index contributed by atoms with van der Waals surface area (Å²) < 4.78 is 7.28. The number of hydrogen-bond acceptors (Lipinski definition) is 3. The van der Waals surface area contributed by atoms with Gasteiger partial charge in [0.25, 0.3) is 0 Å². The molecule has 0 aliphatic carbocycles. The molecule has 1 aromatic rings. The van der Waals surface area contributed by atoms with E-state index in [1.54, 1.807) is 0 Å². The Labute approximate surface area is 115 Å².